The number of hydrogen-bond acceptors (Lipinski definition) is 9. The average Bonchev–Trinajstić information content (AvgIpc) is 3.50. The Bertz CT molecular complexity index is 993. The van der Waals surface area contributed by atoms with Crippen molar-refractivity contribution >= 4 is 71.1 Å². The number of hydrogen-bond donors (Lipinski definition) is 7. The molecule has 1 aliphatic heterocycles. The third-order valence-electron chi connectivity index (χ3n) is 8.74. The number of halogens is 1. The Labute approximate surface area is 318 Å². The Kier molecular flexibility index (Phi) is 30.5. The van der Waals surface area contributed by atoms with Crippen molar-refractivity contribution in [2.24, 2.45) is 5.73 Å². The summed E-state index contributed by atoms with van der Waals surface area (Å²) in [6, 6.07) is -1.39. The van der Waals surface area contributed by atoms with Gasteiger partial charge in [0, 0.05) is 55.2 Å². The molecule has 3 atom stereocenters. The third-order valence-corrected chi connectivity index (χ3v) is 10.2. The fourth-order valence-corrected chi connectivity index (χ4v) is 6.85. The van der Waals surface area contributed by atoms with Crippen molar-refractivity contribution in [2.75, 3.05) is 13.1 Å². The van der Waals surface area contributed by atoms with E-state index in [9.17, 15) is 33.9 Å². The number of primary amides is 1. The molecule has 0 aromatic rings. The number of nitrogens with one attached hydrogen (secondary N) is 3. The predicted octanol–water partition coefficient (Wildman–Crippen LogP) is 5.63. The number of thiol groups is 1. The maximum absolute atomic E-state index is 12.2. The van der Waals surface area contributed by atoms with E-state index in [1.165, 1.54) is 51.9 Å². The summed E-state index contributed by atoms with van der Waals surface area (Å²) in [5.74, 6) is -2.58. The highest BCUT2D eigenvalue weighted by molar-refractivity contribution is 14.1. The van der Waals surface area contributed by atoms with Gasteiger partial charge in [-0.2, -0.15) is 0 Å². The highest BCUT2D eigenvalue weighted by atomic mass is 127. The minimum Gasteiger partial charge on any atom is -0.481 e. The Morgan fingerprint density at radius 3 is 1.66 bits per heavy atom. The summed E-state index contributed by atoms with van der Waals surface area (Å²) in [6.45, 7) is 2.94. The number of nitrogens with two attached hydrogens (primary N) is 1. The second-order valence-electron chi connectivity index (χ2n) is 13.2. The molecule has 1 fully saturated rings. The van der Waals surface area contributed by atoms with Crippen LogP contribution in [0.2, 0.25) is 0 Å². The lowest BCUT2D eigenvalue weighted by Gasteiger charge is -2.15. The Balaban J connectivity index is 0.00000229. The van der Waals surface area contributed by atoms with E-state index >= 15 is 0 Å². The van der Waals surface area contributed by atoms with E-state index in [0.717, 1.165) is 70.8 Å². The van der Waals surface area contributed by atoms with Gasteiger partial charge in [-0.25, -0.2) is 7.91 Å². The SMILES string of the molecule is CC(=O)C(CCCCNC(=O)CCC(NC(=O)CCCCCCCCCCCCCCCCC(=O)O)C(=O)O)NS.NC(=O)C1CCCN1I. The molecule has 0 bridgehead atoms. The van der Waals surface area contributed by atoms with Crippen molar-refractivity contribution in [2.45, 2.75) is 173 Å². The molecule has 1 heterocycles. The lowest BCUT2D eigenvalue weighted by atomic mass is 10.0. The summed E-state index contributed by atoms with van der Waals surface area (Å²) in [5.41, 5.74) is 5.10. The molecule has 1 aliphatic rings. The molecule has 0 aromatic heterocycles. The van der Waals surface area contributed by atoms with Gasteiger partial charge in [0.25, 0.3) is 0 Å². The van der Waals surface area contributed by atoms with Gasteiger partial charge in [-0.3, -0.25) is 28.7 Å². The minimum absolute atomic E-state index is 0.00870. The van der Waals surface area contributed by atoms with E-state index < -0.39 is 18.0 Å². The number of amides is 3. The molecule has 0 aromatic carbocycles. The van der Waals surface area contributed by atoms with Crippen molar-refractivity contribution < 1.29 is 39.0 Å². The van der Waals surface area contributed by atoms with E-state index in [1.807, 2.05) is 3.11 Å². The lowest BCUT2D eigenvalue weighted by Crippen LogP contribution is -2.41. The molecule has 0 spiro atoms. The number of carbonyl (C=O) groups is 6. The van der Waals surface area contributed by atoms with Crippen LogP contribution in [0.4, 0.5) is 0 Å². The third kappa shape index (κ3) is 27.7. The van der Waals surface area contributed by atoms with Crippen LogP contribution >= 0.6 is 35.7 Å². The van der Waals surface area contributed by atoms with Crippen LogP contribution < -0.4 is 21.1 Å². The Hall–Kier alpha value is -1.98. The summed E-state index contributed by atoms with van der Waals surface area (Å²) in [4.78, 5) is 68.2. The van der Waals surface area contributed by atoms with E-state index in [1.54, 1.807) is 0 Å². The molecule has 290 valence electrons. The number of ketones is 1. The van der Waals surface area contributed by atoms with Gasteiger partial charge >= 0.3 is 11.9 Å². The van der Waals surface area contributed by atoms with E-state index in [4.69, 9.17) is 10.8 Å². The molecule has 3 amide bonds. The van der Waals surface area contributed by atoms with Gasteiger partial charge in [0.1, 0.15) is 11.8 Å². The number of nitrogens with zero attached hydrogens (tertiary/aromatic N) is 1. The Morgan fingerprint density at radius 2 is 1.26 bits per heavy atom. The standard InChI is InChI=1S/C30H55N3O7S.C5H9IN2O/c1-24(34)25(33-41)18-16-17-23-31-27(35)22-21-26(30(39)40)32-28(36)19-14-12-10-8-6-4-2-3-5-7-9-11-13-15-20-29(37)38;6-8-3-1-2-4(8)5(7)9/h25-26,33,41H,2-23H2,1H3,(H,31,35)(H,32,36)(H,37,38)(H,39,40);4H,1-3H2,(H2,7,9). The average molecular weight is 842 g/mol. The second-order valence-corrected chi connectivity index (χ2v) is 14.7. The Morgan fingerprint density at radius 1 is 0.740 bits per heavy atom. The number of Topliss-reactive ketones (excluding diaryl/α,β-unsaturated/α-hetero) is 1. The minimum atomic E-state index is -1.14. The first-order valence-electron chi connectivity index (χ1n) is 18.5. The highest BCUT2D eigenvalue weighted by Gasteiger charge is 2.26. The normalized spacial score (nSPS) is 15.4. The highest BCUT2D eigenvalue weighted by Crippen LogP contribution is 2.20. The van der Waals surface area contributed by atoms with Crippen LogP contribution in [0.25, 0.3) is 0 Å². The van der Waals surface area contributed by atoms with Gasteiger partial charge in [-0.15, -0.1) is 0 Å². The molecule has 0 radical (unpaired) electrons. The maximum atomic E-state index is 12.2. The molecule has 50 heavy (non-hydrogen) atoms. The van der Waals surface area contributed by atoms with Gasteiger partial charge in [0.05, 0.1) is 12.1 Å². The summed E-state index contributed by atoms with van der Waals surface area (Å²) in [6.07, 6.45) is 20.1. The van der Waals surface area contributed by atoms with Gasteiger partial charge in [0.15, 0.2) is 0 Å². The first-order chi connectivity index (χ1) is 23.9. The molecule has 0 saturated carbocycles. The van der Waals surface area contributed by atoms with Crippen molar-refractivity contribution in [1.29, 1.82) is 0 Å². The molecule has 3 unspecified atom stereocenters. The molecular formula is C35H64IN5O8S. The molecular weight excluding hydrogens is 777 g/mol. The molecule has 0 aliphatic carbocycles. The fourth-order valence-electron chi connectivity index (χ4n) is 5.64. The van der Waals surface area contributed by atoms with Crippen LogP contribution in [0.15, 0.2) is 0 Å². The quantitative estimate of drug-likeness (QED) is 0.0205. The molecule has 1 saturated heterocycles. The lowest BCUT2D eigenvalue weighted by molar-refractivity contribution is -0.142. The van der Waals surface area contributed by atoms with Gasteiger partial charge in [0.2, 0.25) is 17.7 Å². The summed E-state index contributed by atoms with van der Waals surface area (Å²) >= 11 is 6.07. The predicted molar refractivity (Wildman–Crippen MR) is 207 cm³/mol. The van der Waals surface area contributed by atoms with E-state index in [2.05, 4.69) is 51.0 Å². The van der Waals surface area contributed by atoms with Crippen LogP contribution in [-0.2, 0) is 28.8 Å². The van der Waals surface area contributed by atoms with Crippen molar-refractivity contribution in [3.63, 3.8) is 0 Å². The van der Waals surface area contributed by atoms with Gasteiger partial charge < -0.3 is 26.6 Å². The number of carbonyl (C=O) groups excluding carboxylic acids is 4. The summed E-state index contributed by atoms with van der Waals surface area (Å²) < 4.78 is 4.63. The zero-order chi connectivity index (χ0) is 37.6. The number of aliphatic carboxylic acids is 2. The maximum Gasteiger partial charge on any atom is 0.326 e. The number of unbranched alkanes of at least 4 members (excludes halogenated alkanes) is 14. The van der Waals surface area contributed by atoms with Crippen LogP contribution in [0, 0.1) is 0 Å². The van der Waals surface area contributed by atoms with Crippen LogP contribution in [0.5, 0.6) is 0 Å². The van der Waals surface area contributed by atoms with Crippen LogP contribution in [0.1, 0.15) is 155 Å². The first kappa shape index (κ1) is 48.0. The first-order valence-corrected chi connectivity index (χ1v) is 19.9. The zero-order valence-electron chi connectivity index (χ0n) is 30.1. The zero-order valence-corrected chi connectivity index (χ0v) is 33.2. The van der Waals surface area contributed by atoms with E-state index in [-0.39, 0.29) is 61.3 Å². The fraction of sp³-hybridized carbons (Fsp3) is 0.829. The summed E-state index contributed by atoms with van der Waals surface area (Å²) in [7, 11) is 0. The molecule has 1 rings (SSSR count). The van der Waals surface area contributed by atoms with Crippen molar-refractivity contribution in [3.8, 4) is 0 Å². The van der Waals surface area contributed by atoms with Crippen molar-refractivity contribution in [1.82, 2.24) is 18.5 Å². The molecule has 13 nitrogen and oxygen atoms in total. The van der Waals surface area contributed by atoms with Gasteiger partial charge in [-0.05, 0) is 58.3 Å². The largest absolute Gasteiger partial charge is 0.481 e. The molecule has 7 N–H and O–H groups in total. The van der Waals surface area contributed by atoms with E-state index in [0.29, 0.717) is 19.4 Å². The van der Waals surface area contributed by atoms with Crippen LogP contribution in [-0.4, -0.2) is 80.0 Å². The number of carboxylic acid groups (broad SMARTS) is 2. The van der Waals surface area contributed by atoms with Crippen molar-refractivity contribution in [3.05, 3.63) is 0 Å². The number of rotatable bonds is 30. The summed E-state index contributed by atoms with van der Waals surface area (Å²) in [5, 5.41) is 23.3. The second kappa shape index (κ2) is 31.7. The smallest absolute Gasteiger partial charge is 0.326 e. The molecule has 15 heteroatoms. The van der Waals surface area contributed by atoms with Crippen LogP contribution in [0.3, 0.4) is 0 Å². The monoisotopic (exact) mass is 841 g/mol. The topological polar surface area (TPSA) is 208 Å². The van der Waals surface area contributed by atoms with Gasteiger partial charge in [-0.1, -0.05) is 89.9 Å². The number of carboxylic acids is 2.